The minimum atomic E-state index is -2.37. The number of hydrogen-bond donors (Lipinski definition) is 1. The van der Waals surface area contributed by atoms with Crippen LogP contribution in [0.2, 0.25) is 0 Å². The fourth-order valence-electron chi connectivity index (χ4n) is 1.81. The molecule has 2 rings (SSSR count). The van der Waals surface area contributed by atoms with E-state index in [0.717, 1.165) is 18.7 Å². The van der Waals surface area contributed by atoms with Gasteiger partial charge in [0.25, 0.3) is 6.43 Å². The van der Waals surface area contributed by atoms with Crippen molar-refractivity contribution < 1.29 is 8.78 Å². The summed E-state index contributed by atoms with van der Waals surface area (Å²) in [5.41, 5.74) is 1.16. The van der Waals surface area contributed by atoms with E-state index in [2.05, 4.69) is 11.6 Å². The highest BCUT2D eigenvalue weighted by molar-refractivity contribution is 8.00. The first-order valence-electron chi connectivity index (χ1n) is 5.78. The first-order chi connectivity index (χ1) is 8.15. The predicted octanol–water partition coefficient (Wildman–Crippen LogP) is 3.61. The fraction of sp³-hybridized carbons (Fsp3) is 0.538. The molecule has 1 nitrogen and oxygen atoms in total. The first-order valence-corrected chi connectivity index (χ1v) is 7.00. The molecule has 94 valence electrons. The molecular weight excluding hydrogens is 240 g/mol. The summed E-state index contributed by atoms with van der Waals surface area (Å²) >= 11 is 1.92. The Balaban J connectivity index is 1.79. The highest BCUT2D eigenvalue weighted by Gasteiger charge is 2.41. The summed E-state index contributed by atoms with van der Waals surface area (Å²) in [7, 11) is 0. The van der Waals surface area contributed by atoms with Crippen LogP contribution in [-0.4, -0.2) is 17.5 Å². The second kappa shape index (κ2) is 5.36. The van der Waals surface area contributed by atoms with Gasteiger partial charge in [0.2, 0.25) is 0 Å². The molecule has 1 N–H and O–H groups in total. The van der Waals surface area contributed by atoms with Gasteiger partial charge in [0.1, 0.15) is 0 Å². The van der Waals surface area contributed by atoms with Crippen molar-refractivity contribution in [3.63, 3.8) is 0 Å². The van der Waals surface area contributed by atoms with Crippen LogP contribution in [0.1, 0.15) is 30.4 Å². The third-order valence-corrected chi connectivity index (χ3v) is 4.67. The van der Waals surface area contributed by atoms with E-state index in [4.69, 9.17) is 0 Å². The Bertz CT molecular complexity index is 360. The topological polar surface area (TPSA) is 12.0 Å². The summed E-state index contributed by atoms with van der Waals surface area (Å²) in [6, 6.07) is 6.55. The quantitative estimate of drug-likeness (QED) is 0.835. The van der Waals surface area contributed by atoms with Crippen LogP contribution in [0.15, 0.2) is 24.3 Å². The number of nitrogens with one attached hydrogen (secondary N) is 1. The van der Waals surface area contributed by atoms with Crippen molar-refractivity contribution in [2.45, 2.75) is 30.6 Å². The number of halogens is 2. The molecule has 0 atom stereocenters. The minimum Gasteiger partial charge on any atom is -0.311 e. The zero-order valence-electron chi connectivity index (χ0n) is 9.88. The molecule has 0 aliphatic heterocycles. The number of hydrogen-bond acceptors (Lipinski definition) is 2. The molecule has 4 heteroatoms. The van der Waals surface area contributed by atoms with E-state index in [1.165, 1.54) is 25.0 Å². The summed E-state index contributed by atoms with van der Waals surface area (Å²) < 4.78 is 25.1. The molecule has 1 saturated carbocycles. The van der Waals surface area contributed by atoms with Crippen LogP contribution in [-0.2, 0) is 6.54 Å². The van der Waals surface area contributed by atoms with E-state index in [9.17, 15) is 8.78 Å². The Labute approximate surface area is 105 Å². The summed E-state index contributed by atoms with van der Waals surface area (Å²) in [6.45, 7) is 1.76. The van der Waals surface area contributed by atoms with Gasteiger partial charge in [-0.2, -0.15) is 11.8 Å². The zero-order chi connectivity index (χ0) is 12.3. The Kier molecular flexibility index (Phi) is 4.05. The molecule has 0 amide bonds. The highest BCUT2D eigenvalue weighted by atomic mass is 32.2. The van der Waals surface area contributed by atoms with Crippen molar-refractivity contribution in [3.05, 3.63) is 35.4 Å². The van der Waals surface area contributed by atoms with Gasteiger partial charge in [-0.25, -0.2) is 8.78 Å². The molecule has 0 aromatic heterocycles. The van der Waals surface area contributed by atoms with Gasteiger partial charge in [-0.05, 0) is 24.7 Å². The minimum absolute atomic E-state index is 0.0940. The lowest BCUT2D eigenvalue weighted by molar-refractivity contribution is 0.151. The molecule has 1 aromatic carbocycles. The predicted molar refractivity (Wildman–Crippen MR) is 68.6 cm³/mol. The van der Waals surface area contributed by atoms with Crippen molar-refractivity contribution >= 4 is 11.8 Å². The molecule has 17 heavy (non-hydrogen) atoms. The van der Waals surface area contributed by atoms with Crippen molar-refractivity contribution in [3.8, 4) is 0 Å². The van der Waals surface area contributed by atoms with Gasteiger partial charge >= 0.3 is 0 Å². The van der Waals surface area contributed by atoms with Crippen molar-refractivity contribution in [2.75, 3.05) is 12.8 Å². The second-order valence-electron chi connectivity index (χ2n) is 4.53. The Morgan fingerprint density at radius 3 is 2.41 bits per heavy atom. The molecule has 0 bridgehead atoms. The van der Waals surface area contributed by atoms with Gasteiger partial charge in [0, 0.05) is 23.4 Å². The van der Waals surface area contributed by atoms with E-state index >= 15 is 0 Å². The molecule has 0 radical (unpaired) electrons. The molecule has 1 aliphatic rings. The molecule has 0 unspecified atom stereocenters. The average Bonchev–Trinajstić information content (AvgIpc) is 3.10. The highest BCUT2D eigenvalue weighted by Crippen LogP contribution is 2.46. The van der Waals surface area contributed by atoms with Crippen LogP contribution in [0, 0.1) is 0 Å². The molecule has 1 fully saturated rings. The van der Waals surface area contributed by atoms with E-state index < -0.39 is 6.43 Å². The van der Waals surface area contributed by atoms with Crippen LogP contribution < -0.4 is 5.32 Å². The fourth-order valence-corrected chi connectivity index (χ4v) is 2.56. The van der Waals surface area contributed by atoms with Gasteiger partial charge in [-0.3, -0.25) is 0 Å². The lowest BCUT2D eigenvalue weighted by Crippen LogP contribution is -2.25. The molecular formula is C13H17F2NS. The number of rotatable bonds is 6. The Hall–Kier alpha value is -0.610. The standard InChI is InChI=1S/C13H17F2NS/c1-17-13(6-7-13)9-16-8-10-2-4-11(5-3-10)12(14)15/h2-5,12,16H,6-9H2,1H3. The third-order valence-electron chi connectivity index (χ3n) is 3.25. The number of benzene rings is 1. The van der Waals surface area contributed by atoms with E-state index in [0.29, 0.717) is 4.75 Å². The average molecular weight is 257 g/mol. The smallest absolute Gasteiger partial charge is 0.263 e. The first kappa shape index (κ1) is 12.8. The Morgan fingerprint density at radius 2 is 1.94 bits per heavy atom. The van der Waals surface area contributed by atoms with E-state index in [-0.39, 0.29) is 5.56 Å². The third kappa shape index (κ3) is 3.42. The lowest BCUT2D eigenvalue weighted by Gasteiger charge is -2.13. The molecule has 1 aromatic rings. The van der Waals surface area contributed by atoms with Gasteiger partial charge in [-0.15, -0.1) is 0 Å². The maximum Gasteiger partial charge on any atom is 0.263 e. The largest absolute Gasteiger partial charge is 0.311 e. The molecule has 1 aliphatic carbocycles. The summed E-state index contributed by atoms with van der Waals surface area (Å²) in [4.78, 5) is 0. The van der Waals surface area contributed by atoms with Crippen LogP contribution in [0.25, 0.3) is 0 Å². The molecule has 0 spiro atoms. The van der Waals surface area contributed by atoms with E-state index in [1.54, 1.807) is 12.1 Å². The Morgan fingerprint density at radius 1 is 1.29 bits per heavy atom. The second-order valence-corrected chi connectivity index (χ2v) is 5.81. The van der Waals surface area contributed by atoms with Gasteiger partial charge in [-0.1, -0.05) is 24.3 Å². The van der Waals surface area contributed by atoms with E-state index in [1.807, 2.05) is 11.8 Å². The van der Waals surface area contributed by atoms with Crippen LogP contribution in [0.5, 0.6) is 0 Å². The van der Waals surface area contributed by atoms with Crippen molar-refractivity contribution in [1.29, 1.82) is 0 Å². The van der Waals surface area contributed by atoms with Gasteiger partial charge in [0.15, 0.2) is 0 Å². The number of alkyl halides is 2. The SMILES string of the molecule is CSC1(CNCc2ccc(C(F)F)cc2)CC1. The monoisotopic (exact) mass is 257 g/mol. The molecule has 0 heterocycles. The summed E-state index contributed by atoms with van der Waals surface area (Å²) in [6.07, 6.45) is 2.34. The maximum absolute atomic E-state index is 12.3. The van der Waals surface area contributed by atoms with Crippen LogP contribution in [0.4, 0.5) is 8.78 Å². The maximum atomic E-state index is 12.3. The van der Waals surface area contributed by atoms with Crippen molar-refractivity contribution in [1.82, 2.24) is 5.32 Å². The van der Waals surface area contributed by atoms with Crippen LogP contribution >= 0.6 is 11.8 Å². The van der Waals surface area contributed by atoms with Crippen molar-refractivity contribution in [2.24, 2.45) is 0 Å². The zero-order valence-corrected chi connectivity index (χ0v) is 10.7. The normalized spacial score (nSPS) is 17.4. The summed E-state index contributed by atoms with van der Waals surface area (Å²) in [5.74, 6) is 0. The number of thioether (sulfide) groups is 1. The summed E-state index contributed by atoms with van der Waals surface area (Å²) in [5, 5.41) is 3.40. The lowest BCUT2D eigenvalue weighted by atomic mass is 10.1. The van der Waals surface area contributed by atoms with Crippen LogP contribution in [0.3, 0.4) is 0 Å². The van der Waals surface area contributed by atoms with Gasteiger partial charge < -0.3 is 5.32 Å². The van der Waals surface area contributed by atoms with Gasteiger partial charge in [0.05, 0.1) is 0 Å². The molecule has 0 saturated heterocycles.